The molecule has 1 aliphatic heterocycles. The summed E-state index contributed by atoms with van der Waals surface area (Å²) >= 11 is 0. The second-order valence-electron chi connectivity index (χ2n) is 9.01. The minimum absolute atomic E-state index is 0.0412. The van der Waals surface area contributed by atoms with Crippen LogP contribution in [-0.4, -0.2) is 48.2 Å². The standard InChI is InChI=1S/C27H25NO6/c1-33-20-9-5-8-17(14-20)22(29)15-34-27(32)21(12-16-6-3-2-4-7-16)28-25(30)23-18-10-11-19(13-18)24(23)26(28)31/h2-11,14,18-19,21,23-24H,12-13,15H2,1H3/t18-,19+,21-,23+,24+/m1/s1. The van der Waals surface area contributed by atoms with Crippen molar-refractivity contribution in [1.29, 1.82) is 0 Å². The van der Waals surface area contributed by atoms with Gasteiger partial charge in [0.05, 0.1) is 18.9 Å². The Balaban J connectivity index is 1.36. The number of Topliss-reactive ketones (excluding diaryl/α,β-unsaturated/α-hetero) is 1. The van der Waals surface area contributed by atoms with Crippen molar-refractivity contribution in [2.45, 2.75) is 18.9 Å². The van der Waals surface area contributed by atoms with Gasteiger partial charge >= 0.3 is 5.97 Å². The van der Waals surface area contributed by atoms with Gasteiger partial charge in [-0.1, -0.05) is 54.6 Å². The summed E-state index contributed by atoms with van der Waals surface area (Å²) in [4.78, 5) is 53.6. The Bertz CT molecular complexity index is 1140. The maximum atomic E-state index is 13.3. The van der Waals surface area contributed by atoms with Gasteiger partial charge in [-0.2, -0.15) is 0 Å². The second-order valence-corrected chi connectivity index (χ2v) is 9.01. The number of methoxy groups -OCH3 is 1. The van der Waals surface area contributed by atoms with E-state index >= 15 is 0 Å². The molecule has 0 unspecified atom stereocenters. The molecule has 1 saturated carbocycles. The molecule has 0 spiro atoms. The lowest BCUT2D eigenvalue weighted by Crippen LogP contribution is -2.48. The van der Waals surface area contributed by atoms with Gasteiger partial charge in [0, 0.05) is 12.0 Å². The molecular weight excluding hydrogens is 434 g/mol. The highest BCUT2D eigenvalue weighted by molar-refractivity contribution is 6.09. The van der Waals surface area contributed by atoms with Crippen LogP contribution >= 0.6 is 0 Å². The summed E-state index contributed by atoms with van der Waals surface area (Å²) in [6, 6.07) is 14.6. The molecule has 2 bridgehead atoms. The number of likely N-dealkylation sites (tertiary alicyclic amines) is 1. The van der Waals surface area contributed by atoms with E-state index in [1.54, 1.807) is 24.3 Å². The average Bonchev–Trinajstić information content (AvgIpc) is 3.55. The molecule has 34 heavy (non-hydrogen) atoms. The molecule has 5 atom stereocenters. The van der Waals surface area contributed by atoms with Gasteiger partial charge in [-0.25, -0.2) is 4.79 Å². The maximum absolute atomic E-state index is 13.3. The van der Waals surface area contributed by atoms with E-state index in [0.29, 0.717) is 11.3 Å². The van der Waals surface area contributed by atoms with Crippen LogP contribution in [0.15, 0.2) is 66.7 Å². The molecule has 2 aromatic rings. The highest BCUT2D eigenvalue weighted by Gasteiger charge is 2.61. The highest BCUT2D eigenvalue weighted by Crippen LogP contribution is 2.53. The number of fused-ring (bicyclic) bond motifs is 5. The minimum Gasteiger partial charge on any atom is -0.497 e. The van der Waals surface area contributed by atoms with Crippen molar-refractivity contribution >= 4 is 23.6 Å². The van der Waals surface area contributed by atoms with Crippen LogP contribution in [0.3, 0.4) is 0 Å². The third kappa shape index (κ3) is 3.81. The van der Waals surface area contributed by atoms with Crippen LogP contribution in [0.2, 0.25) is 0 Å². The van der Waals surface area contributed by atoms with E-state index in [1.807, 2.05) is 42.5 Å². The van der Waals surface area contributed by atoms with E-state index in [-0.39, 0.29) is 30.1 Å². The molecular formula is C27H25NO6. The number of hydrogen-bond acceptors (Lipinski definition) is 6. The van der Waals surface area contributed by atoms with Gasteiger partial charge < -0.3 is 9.47 Å². The Morgan fingerprint density at radius 2 is 1.65 bits per heavy atom. The molecule has 2 aliphatic carbocycles. The fraction of sp³-hybridized carbons (Fsp3) is 0.333. The Hall–Kier alpha value is -3.74. The van der Waals surface area contributed by atoms with Crippen LogP contribution < -0.4 is 4.74 Å². The number of rotatable bonds is 8. The normalized spacial score (nSPS) is 25.4. The molecule has 2 amide bonds. The number of hydrogen-bond donors (Lipinski definition) is 0. The zero-order valence-electron chi connectivity index (χ0n) is 18.8. The van der Waals surface area contributed by atoms with E-state index in [9.17, 15) is 19.2 Å². The Morgan fingerprint density at radius 3 is 2.29 bits per heavy atom. The maximum Gasteiger partial charge on any atom is 0.330 e. The molecule has 7 nitrogen and oxygen atoms in total. The number of esters is 1. The van der Waals surface area contributed by atoms with E-state index in [0.717, 1.165) is 16.9 Å². The van der Waals surface area contributed by atoms with Gasteiger partial charge in [-0.3, -0.25) is 19.3 Å². The largest absolute Gasteiger partial charge is 0.497 e. The quantitative estimate of drug-likeness (QED) is 0.261. The first kappa shape index (κ1) is 22.1. The van der Waals surface area contributed by atoms with Crippen LogP contribution in [-0.2, 0) is 25.5 Å². The third-order valence-corrected chi connectivity index (χ3v) is 7.10. The Morgan fingerprint density at radius 1 is 0.971 bits per heavy atom. The van der Waals surface area contributed by atoms with E-state index < -0.39 is 36.2 Å². The summed E-state index contributed by atoms with van der Waals surface area (Å²) in [5, 5.41) is 0. The van der Waals surface area contributed by atoms with Gasteiger partial charge in [0.15, 0.2) is 12.4 Å². The first-order valence-corrected chi connectivity index (χ1v) is 11.4. The van der Waals surface area contributed by atoms with Crippen molar-refractivity contribution in [2.24, 2.45) is 23.7 Å². The Kier molecular flexibility index (Phi) is 5.77. The van der Waals surface area contributed by atoms with Crippen LogP contribution in [0, 0.1) is 23.7 Å². The third-order valence-electron chi connectivity index (χ3n) is 7.10. The zero-order chi connectivity index (χ0) is 23.8. The minimum atomic E-state index is -1.12. The number of imide groups is 1. The topological polar surface area (TPSA) is 90.0 Å². The van der Waals surface area contributed by atoms with Crippen LogP contribution in [0.4, 0.5) is 0 Å². The zero-order valence-corrected chi connectivity index (χ0v) is 18.8. The lowest BCUT2D eigenvalue weighted by atomic mass is 9.85. The first-order chi connectivity index (χ1) is 16.5. The molecule has 174 valence electrons. The lowest BCUT2D eigenvalue weighted by molar-refractivity contribution is -0.158. The Labute approximate surface area is 197 Å². The summed E-state index contributed by atoms with van der Waals surface area (Å²) in [5.41, 5.74) is 1.14. The predicted molar refractivity (Wildman–Crippen MR) is 122 cm³/mol. The molecule has 0 aromatic heterocycles. The van der Waals surface area contributed by atoms with E-state index in [2.05, 4.69) is 0 Å². The molecule has 2 aromatic carbocycles. The van der Waals surface area contributed by atoms with Gasteiger partial charge in [0.25, 0.3) is 0 Å². The number of allylic oxidation sites excluding steroid dienone is 2. The van der Waals surface area contributed by atoms with Gasteiger partial charge in [0.1, 0.15) is 11.8 Å². The molecule has 3 aliphatic rings. The second kappa shape index (κ2) is 8.89. The lowest BCUT2D eigenvalue weighted by Gasteiger charge is -2.26. The molecule has 2 fully saturated rings. The first-order valence-electron chi connectivity index (χ1n) is 11.4. The number of amides is 2. The number of carbonyl (C=O) groups is 4. The van der Waals surface area contributed by atoms with Crippen LogP contribution in [0.25, 0.3) is 0 Å². The fourth-order valence-corrected chi connectivity index (χ4v) is 5.46. The summed E-state index contributed by atoms with van der Waals surface area (Å²) in [6.45, 7) is -0.493. The van der Waals surface area contributed by atoms with Crippen molar-refractivity contribution in [3.63, 3.8) is 0 Å². The number of ketones is 1. The van der Waals surface area contributed by atoms with Crippen molar-refractivity contribution in [3.8, 4) is 5.75 Å². The van der Waals surface area contributed by atoms with Crippen molar-refractivity contribution in [3.05, 3.63) is 77.9 Å². The molecule has 7 heteroatoms. The van der Waals surface area contributed by atoms with E-state index in [1.165, 1.54) is 7.11 Å². The molecule has 0 N–H and O–H groups in total. The summed E-state index contributed by atoms with van der Waals surface area (Å²) < 4.78 is 10.5. The molecule has 0 radical (unpaired) electrons. The molecule has 5 rings (SSSR count). The fourth-order valence-electron chi connectivity index (χ4n) is 5.46. The highest BCUT2D eigenvalue weighted by atomic mass is 16.5. The van der Waals surface area contributed by atoms with Crippen LogP contribution in [0.5, 0.6) is 5.75 Å². The molecule has 1 saturated heterocycles. The summed E-state index contributed by atoms with van der Waals surface area (Å²) in [5.74, 6) is -2.01. The monoisotopic (exact) mass is 459 g/mol. The number of benzene rings is 2. The number of carbonyl (C=O) groups excluding carboxylic acids is 4. The molecule has 1 heterocycles. The SMILES string of the molecule is COc1cccc(C(=O)COC(=O)[C@@H](Cc2ccccc2)N2C(=O)[C@@H]3[C@@H](C2=O)[C@H]2C=C[C@@H]3C2)c1. The summed E-state index contributed by atoms with van der Waals surface area (Å²) in [7, 11) is 1.50. The number of ether oxygens (including phenoxy) is 2. The number of nitrogens with zero attached hydrogens (tertiary/aromatic N) is 1. The van der Waals surface area contributed by atoms with Crippen molar-refractivity contribution < 1.29 is 28.7 Å². The smallest absolute Gasteiger partial charge is 0.330 e. The van der Waals surface area contributed by atoms with Crippen molar-refractivity contribution in [2.75, 3.05) is 13.7 Å². The summed E-state index contributed by atoms with van der Waals surface area (Å²) in [6.07, 6.45) is 4.96. The van der Waals surface area contributed by atoms with Gasteiger partial charge in [-0.05, 0) is 36.0 Å². The predicted octanol–water partition coefficient (Wildman–Crippen LogP) is 2.84. The van der Waals surface area contributed by atoms with Crippen LogP contribution in [0.1, 0.15) is 22.3 Å². The van der Waals surface area contributed by atoms with E-state index in [4.69, 9.17) is 9.47 Å². The average molecular weight is 459 g/mol. The van der Waals surface area contributed by atoms with Gasteiger partial charge in [-0.15, -0.1) is 0 Å². The van der Waals surface area contributed by atoms with Crippen molar-refractivity contribution in [1.82, 2.24) is 4.90 Å². The van der Waals surface area contributed by atoms with Gasteiger partial charge in [0.2, 0.25) is 11.8 Å².